The van der Waals surface area contributed by atoms with Gasteiger partial charge in [0.05, 0.1) is 6.61 Å². The quantitative estimate of drug-likeness (QED) is 0.654. The van der Waals surface area contributed by atoms with Gasteiger partial charge in [-0.25, -0.2) is 21.6 Å². The summed E-state index contributed by atoms with van der Waals surface area (Å²) in [5, 5.41) is 0. The SMILES string of the molecule is CCOC(=O)C1=CC=C(S(C)(=O)=O)S1(=O)=O. The van der Waals surface area contributed by atoms with Crippen LogP contribution >= 0.6 is 0 Å². The molecule has 0 fully saturated rings. The van der Waals surface area contributed by atoms with Gasteiger partial charge in [-0.3, -0.25) is 0 Å². The average molecular weight is 266 g/mol. The molecule has 0 atom stereocenters. The van der Waals surface area contributed by atoms with Crippen LogP contribution in [-0.2, 0) is 29.2 Å². The molecule has 90 valence electrons. The smallest absolute Gasteiger partial charge is 0.350 e. The normalized spacial score (nSPS) is 18.9. The Labute approximate surface area is 93.4 Å². The van der Waals surface area contributed by atoms with Gasteiger partial charge in [0.25, 0.3) is 0 Å². The number of rotatable bonds is 3. The molecule has 1 rings (SSSR count). The Morgan fingerprint density at radius 3 is 2.31 bits per heavy atom. The van der Waals surface area contributed by atoms with E-state index in [1.165, 1.54) is 6.92 Å². The van der Waals surface area contributed by atoms with Gasteiger partial charge in [-0.05, 0) is 19.1 Å². The number of carbonyl (C=O) groups excluding carboxylic acids is 1. The van der Waals surface area contributed by atoms with E-state index in [9.17, 15) is 21.6 Å². The van der Waals surface area contributed by atoms with Gasteiger partial charge in [0.2, 0.25) is 9.84 Å². The molecule has 0 unspecified atom stereocenters. The Morgan fingerprint density at radius 2 is 1.94 bits per heavy atom. The fourth-order valence-electron chi connectivity index (χ4n) is 1.13. The lowest BCUT2D eigenvalue weighted by Crippen LogP contribution is -2.18. The number of hydrogen-bond acceptors (Lipinski definition) is 6. The molecule has 1 aliphatic heterocycles. The third kappa shape index (κ3) is 2.17. The summed E-state index contributed by atoms with van der Waals surface area (Å²) in [7, 11) is -8.13. The van der Waals surface area contributed by atoms with Gasteiger partial charge in [0.15, 0.2) is 19.0 Å². The monoisotopic (exact) mass is 266 g/mol. The predicted octanol–water partition coefficient (Wildman–Crippen LogP) is -0.252. The van der Waals surface area contributed by atoms with Gasteiger partial charge < -0.3 is 4.74 Å². The van der Waals surface area contributed by atoms with Gasteiger partial charge in [-0.2, -0.15) is 0 Å². The van der Waals surface area contributed by atoms with E-state index in [4.69, 9.17) is 0 Å². The van der Waals surface area contributed by atoms with Crippen molar-refractivity contribution < 1.29 is 26.4 Å². The zero-order chi connectivity index (χ0) is 12.6. The molecule has 1 aliphatic rings. The first-order valence-corrected chi connectivity index (χ1v) is 7.63. The molecule has 16 heavy (non-hydrogen) atoms. The average Bonchev–Trinajstić information content (AvgIpc) is 2.40. The Morgan fingerprint density at radius 1 is 1.38 bits per heavy atom. The van der Waals surface area contributed by atoms with Crippen molar-refractivity contribution in [3.05, 3.63) is 21.3 Å². The van der Waals surface area contributed by atoms with E-state index in [1.54, 1.807) is 0 Å². The highest BCUT2D eigenvalue weighted by Crippen LogP contribution is 2.28. The van der Waals surface area contributed by atoms with Crippen molar-refractivity contribution >= 4 is 25.6 Å². The van der Waals surface area contributed by atoms with Crippen molar-refractivity contribution in [3.63, 3.8) is 0 Å². The molecule has 0 saturated heterocycles. The molecule has 0 spiro atoms. The van der Waals surface area contributed by atoms with Crippen molar-refractivity contribution in [2.75, 3.05) is 12.9 Å². The number of ether oxygens (including phenoxy) is 1. The van der Waals surface area contributed by atoms with E-state index in [0.29, 0.717) is 0 Å². The molecule has 0 aliphatic carbocycles. The van der Waals surface area contributed by atoms with E-state index < -0.39 is 34.8 Å². The van der Waals surface area contributed by atoms with Gasteiger partial charge in [-0.15, -0.1) is 0 Å². The summed E-state index contributed by atoms with van der Waals surface area (Å²) >= 11 is 0. The van der Waals surface area contributed by atoms with Crippen LogP contribution in [0.2, 0.25) is 0 Å². The zero-order valence-corrected chi connectivity index (χ0v) is 10.3. The third-order valence-corrected chi connectivity index (χ3v) is 5.75. The van der Waals surface area contributed by atoms with E-state index in [2.05, 4.69) is 4.74 Å². The van der Waals surface area contributed by atoms with Crippen molar-refractivity contribution in [2.24, 2.45) is 0 Å². The second-order valence-corrected chi connectivity index (χ2v) is 7.14. The molecule has 0 saturated carbocycles. The van der Waals surface area contributed by atoms with E-state index >= 15 is 0 Å². The first kappa shape index (κ1) is 12.9. The standard InChI is InChI=1S/C8H10O6S2/c1-3-14-8(9)6-4-5-7(15(2,10)11)16(6,12)13/h4-5H,3H2,1-2H3. The predicted molar refractivity (Wildman–Crippen MR) is 56.6 cm³/mol. The fourth-order valence-corrected chi connectivity index (χ4v) is 4.30. The maximum atomic E-state index is 11.6. The first-order chi connectivity index (χ1) is 7.21. The van der Waals surface area contributed by atoms with Crippen LogP contribution in [0.1, 0.15) is 6.92 Å². The minimum Gasteiger partial charge on any atom is -0.462 e. The zero-order valence-electron chi connectivity index (χ0n) is 8.63. The number of sulfone groups is 2. The Hall–Kier alpha value is -1.15. The van der Waals surface area contributed by atoms with Crippen LogP contribution in [-0.4, -0.2) is 35.7 Å². The lowest BCUT2D eigenvalue weighted by molar-refractivity contribution is -0.137. The lowest BCUT2D eigenvalue weighted by atomic mass is 10.5. The molecular weight excluding hydrogens is 256 g/mol. The van der Waals surface area contributed by atoms with Gasteiger partial charge >= 0.3 is 5.97 Å². The van der Waals surface area contributed by atoms with Crippen molar-refractivity contribution in [2.45, 2.75) is 6.92 Å². The molecular formula is C8H10O6S2. The maximum absolute atomic E-state index is 11.6. The molecule has 1 heterocycles. The molecule has 8 heteroatoms. The molecule has 0 amide bonds. The Bertz CT molecular complexity index is 576. The molecule has 0 N–H and O–H groups in total. The van der Waals surface area contributed by atoms with Crippen LogP contribution < -0.4 is 0 Å². The minimum atomic E-state index is -4.25. The highest BCUT2D eigenvalue weighted by molar-refractivity contribution is 8.16. The minimum absolute atomic E-state index is 0.0138. The molecule has 0 aromatic heterocycles. The molecule has 0 bridgehead atoms. The molecule has 0 aromatic carbocycles. The van der Waals surface area contributed by atoms with Crippen LogP contribution in [0.5, 0.6) is 0 Å². The van der Waals surface area contributed by atoms with E-state index in [0.717, 1.165) is 18.4 Å². The third-order valence-electron chi connectivity index (χ3n) is 1.77. The summed E-state index contributed by atoms with van der Waals surface area (Å²) in [5.74, 6) is -1.04. The number of hydrogen-bond donors (Lipinski definition) is 0. The van der Waals surface area contributed by atoms with Crippen LogP contribution in [0.4, 0.5) is 0 Å². The van der Waals surface area contributed by atoms with Crippen LogP contribution in [0.15, 0.2) is 21.3 Å². The molecule has 0 aromatic rings. The maximum Gasteiger partial charge on any atom is 0.350 e. The topological polar surface area (TPSA) is 94.6 Å². The Balaban J connectivity index is 3.17. The number of esters is 1. The second-order valence-electron chi connectivity index (χ2n) is 3.01. The first-order valence-electron chi connectivity index (χ1n) is 4.25. The molecule has 6 nitrogen and oxygen atoms in total. The summed E-state index contributed by atoms with van der Waals surface area (Å²) in [6.45, 7) is 1.53. The summed E-state index contributed by atoms with van der Waals surface area (Å²) in [5.41, 5.74) is 0. The van der Waals surface area contributed by atoms with Crippen molar-refractivity contribution in [1.82, 2.24) is 0 Å². The number of allylic oxidation sites excluding steroid dienone is 2. The summed E-state index contributed by atoms with van der Waals surface area (Å²) in [6, 6.07) is 0. The highest BCUT2D eigenvalue weighted by atomic mass is 32.3. The van der Waals surface area contributed by atoms with E-state index in [-0.39, 0.29) is 6.61 Å². The summed E-state index contributed by atoms with van der Waals surface area (Å²) in [6.07, 6.45) is 2.58. The van der Waals surface area contributed by atoms with Gasteiger partial charge in [0.1, 0.15) is 0 Å². The fraction of sp³-hybridized carbons (Fsp3) is 0.375. The van der Waals surface area contributed by atoms with Crippen molar-refractivity contribution in [3.8, 4) is 0 Å². The second kappa shape index (κ2) is 4.02. The van der Waals surface area contributed by atoms with Crippen LogP contribution in [0, 0.1) is 0 Å². The van der Waals surface area contributed by atoms with Crippen LogP contribution in [0.25, 0.3) is 0 Å². The summed E-state index contributed by atoms with van der Waals surface area (Å²) in [4.78, 5) is 10.6. The molecule has 0 radical (unpaired) electrons. The lowest BCUT2D eigenvalue weighted by Gasteiger charge is -2.04. The van der Waals surface area contributed by atoms with Gasteiger partial charge in [0, 0.05) is 6.26 Å². The largest absolute Gasteiger partial charge is 0.462 e. The van der Waals surface area contributed by atoms with E-state index in [1.807, 2.05) is 0 Å². The summed E-state index contributed by atoms with van der Waals surface area (Å²) < 4.78 is 49.3. The van der Waals surface area contributed by atoms with Crippen molar-refractivity contribution in [1.29, 1.82) is 0 Å². The highest BCUT2D eigenvalue weighted by Gasteiger charge is 2.38. The van der Waals surface area contributed by atoms with Crippen LogP contribution in [0.3, 0.4) is 0 Å². The number of carbonyl (C=O) groups is 1. The Kier molecular flexibility index (Phi) is 3.25. The van der Waals surface area contributed by atoms with Gasteiger partial charge in [-0.1, -0.05) is 0 Å².